The Morgan fingerprint density at radius 3 is 2.57 bits per heavy atom. The topological polar surface area (TPSA) is 57.2 Å². The summed E-state index contributed by atoms with van der Waals surface area (Å²) in [6, 6.07) is 18.1. The molecular weight excluding hydrogens is 306 g/mol. The first-order valence-corrected chi connectivity index (χ1v) is 8.34. The van der Waals surface area contributed by atoms with Crippen LogP contribution in [0.4, 0.5) is 16.5 Å². The van der Waals surface area contributed by atoms with Crippen molar-refractivity contribution in [2.45, 2.75) is 13.3 Å². The van der Waals surface area contributed by atoms with Gasteiger partial charge in [-0.05, 0) is 30.7 Å². The monoisotopic (exact) mass is 325 g/mol. The highest BCUT2D eigenvalue weighted by Crippen LogP contribution is 2.31. The number of aryl methyl sites for hydroxylation is 1. The van der Waals surface area contributed by atoms with Gasteiger partial charge < -0.3 is 15.7 Å². The second kappa shape index (κ2) is 7.15. The molecule has 0 saturated carbocycles. The highest BCUT2D eigenvalue weighted by Gasteiger charge is 2.10. The molecule has 0 atom stereocenters. The van der Waals surface area contributed by atoms with Crippen LogP contribution in [-0.4, -0.2) is 16.6 Å². The second-order valence-electron chi connectivity index (χ2n) is 5.25. The van der Waals surface area contributed by atoms with Crippen molar-refractivity contribution < 1.29 is 5.11 Å². The van der Waals surface area contributed by atoms with Crippen LogP contribution in [0.15, 0.2) is 54.6 Å². The van der Waals surface area contributed by atoms with E-state index in [1.807, 2.05) is 61.5 Å². The summed E-state index contributed by atoms with van der Waals surface area (Å²) in [5, 5.41) is 17.3. The van der Waals surface area contributed by atoms with E-state index < -0.39 is 0 Å². The molecule has 0 aliphatic rings. The average Bonchev–Trinajstić information content (AvgIpc) is 2.90. The van der Waals surface area contributed by atoms with Crippen LogP contribution in [0.2, 0.25) is 0 Å². The fraction of sp³-hybridized carbons (Fsp3) is 0.167. The summed E-state index contributed by atoms with van der Waals surface area (Å²) in [7, 11) is 0. The highest BCUT2D eigenvalue weighted by molar-refractivity contribution is 7.15. The zero-order valence-corrected chi connectivity index (χ0v) is 13.7. The van der Waals surface area contributed by atoms with Crippen molar-refractivity contribution in [1.82, 2.24) is 4.98 Å². The van der Waals surface area contributed by atoms with Crippen molar-refractivity contribution in [3.63, 3.8) is 0 Å². The number of rotatable bonds is 6. The van der Waals surface area contributed by atoms with Crippen LogP contribution in [-0.2, 0) is 6.42 Å². The van der Waals surface area contributed by atoms with Gasteiger partial charge in [0, 0.05) is 24.3 Å². The first-order chi connectivity index (χ1) is 11.2. The van der Waals surface area contributed by atoms with E-state index in [1.165, 1.54) is 11.3 Å². The average molecular weight is 325 g/mol. The Hall–Kier alpha value is -2.53. The van der Waals surface area contributed by atoms with Crippen LogP contribution in [0.3, 0.4) is 0 Å². The van der Waals surface area contributed by atoms with E-state index in [4.69, 9.17) is 0 Å². The van der Waals surface area contributed by atoms with Gasteiger partial charge in [0.1, 0.15) is 0 Å². The lowest BCUT2D eigenvalue weighted by Gasteiger charge is -2.05. The molecule has 0 unspecified atom stereocenters. The van der Waals surface area contributed by atoms with Gasteiger partial charge >= 0.3 is 0 Å². The van der Waals surface area contributed by atoms with Gasteiger partial charge in [0.05, 0.1) is 4.88 Å². The van der Waals surface area contributed by atoms with Crippen molar-refractivity contribution in [2.24, 2.45) is 0 Å². The lowest BCUT2D eigenvalue weighted by Crippen LogP contribution is -2.03. The van der Waals surface area contributed by atoms with Gasteiger partial charge in [0.15, 0.2) is 5.13 Å². The minimum absolute atomic E-state index is 0.112. The largest absolute Gasteiger partial charge is 0.492 e. The van der Waals surface area contributed by atoms with E-state index in [9.17, 15) is 5.11 Å². The minimum atomic E-state index is 0.112. The molecule has 1 aromatic heterocycles. The molecule has 23 heavy (non-hydrogen) atoms. The Bertz CT molecular complexity index is 771. The number of nitrogens with one attached hydrogen (secondary N) is 2. The molecule has 2 aromatic carbocycles. The first kappa shape index (κ1) is 15.4. The molecule has 3 rings (SSSR count). The standard InChI is InChI=1S/C18H19N3OS/c1-13-7-5-6-10-15(13)20-18-21-17(22)16(23-18)11-12-19-14-8-3-2-4-9-14/h2-10,19,22H,11-12H2,1H3,(H,20,21). The fourth-order valence-electron chi connectivity index (χ4n) is 2.26. The van der Waals surface area contributed by atoms with Gasteiger partial charge in [-0.1, -0.05) is 47.7 Å². The predicted molar refractivity (Wildman–Crippen MR) is 96.9 cm³/mol. The molecule has 0 bridgehead atoms. The second-order valence-corrected chi connectivity index (χ2v) is 6.33. The van der Waals surface area contributed by atoms with Gasteiger partial charge in [-0.2, -0.15) is 4.98 Å². The molecule has 1 heterocycles. The molecule has 5 heteroatoms. The summed E-state index contributed by atoms with van der Waals surface area (Å²) < 4.78 is 0. The van der Waals surface area contributed by atoms with Crippen LogP contribution >= 0.6 is 11.3 Å². The van der Waals surface area contributed by atoms with Gasteiger partial charge in [-0.3, -0.25) is 0 Å². The number of nitrogens with zero attached hydrogens (tertiary/aromatic N) is 1. The number of benzene rings is 2. The van der Waals surface area contributed by atoms with E-state index in [0.717, 1.165) is 34.8 Å². The third-order valence-corrected chi connectivity index (χ3v) is 4.54. The van der Waals surface area contributed by atoms with E-state index in [0.29, 0.717) is 5.13 Å². The summed E-state index contributed by atoms with van der Waals surface area (Å²) in [6.07, 6.45) is 0.730. The van der Waals surface area contributed by atoms with E-state index in [1.54, 1.807) is 0 Å². The summed E-state index contributed by atoms with van der Waals surface area (Å²) in [5.74, 6) is 0.112. The number of aromatic hydroxyl groups is 1. The smallest absolute Gasteiger partial charge is 0.227 e. The Labute approximate surface area is 139 Å². The first-order valence-electron chi connectivity index (χ1n) is 7.52. The Morgan fingerprint density at radius 1 is 1.04 bits per heavy atom. The van der Waals surface area contributed by atoms with Crippen LogP contribution < -0.4 is 10.6 Å². The molecule has 3 aromatic rings. The van der Waals surface area contributed by atoms with Crippen LogP contribution in [0.5, 0.6) is 5.88 Å². The lowest BCUT2D eigenvalue weighted by molar-refractivity contribution is 0.452. The molecule has 0 amide bonds. The zero-order chi connectivity index (χ0) is 16.1. The normalized spacial score (nSPS) is 10.5. The molecule has 0 aliphatic heterocycles. The third kappa shape index (κ3) is 4.02. The third-order valence-electron chi connectivity index (χ3n) is 3.52. The number of anilines is 3. The Balaban J connectivity index is 1.61. The summed E-state index contributed by atoms with van der Waals surface area (Å²) in [4.78, 5) is 5.09. The maximum absolute atomic E-state index is 10.0. The number of para-hydroxylation sites is 2. The van der Waals surface area contributed by atoms with Crippen molar-refractivity contribution in [3.8, 4) is 5.88 Å². The van der Waals surface area contributed by atoms with Crippen molar-refractivity contribution in [1.29, 1.82) is 0 Å². The van der Waals surface area contributed by atoms with E-state index in [2.05, 4.69) is 15.6 Å². The zero-order valence-electron chi connectivity index (χ0n) is 12.9. The van der Waals surface area contributed by atoms with Gasteiger partial charge in [-0.15, -0.1) is 0 Å². The van der Waals surface area contributed by atoms with Crippen LogP contribution in [0, 0.1) is 6.92 Å². The Morgan fingerprint density at radius 2 is 1.78 bits per heavy atom. The maximum atomic E-state index is 10.0. The molecule has 0 radical (unpaired) electrons. The van der Waals surface area contributed by atoms with Gasteiger partial charge in [-0.25, -0.2) is 0 Å². The van der Waals surface area contributed by atoms with Crippen LogP contribution in [0.25, 0.3) is 0 Å². The van der Waals surface area contributed by atoms with Crippen LogP contribution in [0.1, 0.15) is 10.4 Å². The van der Waals surface area contributed by atoms with Gasteiger partial charge in [0.2, 0.25) is 5.88 Å². The minimum Gasteiger partial charge on any atom is -0.492 e. The molecule has 0 spiro atoms. The molecule has 0 saturated heterocycles. The molecular formula is C18H19N3OS. The number of aromatic nitrogens is 1. The molecule has 0 aliphatic carbocycles. The Kier molecular flexibility index (Phi) is 4.78. The maximum Gasteiger partial charge on any atom is 0.227 e. The highest BCUT2D eigenvalue weighted by atomic mass is 32.1. The number of thiazole rings is 1. The lowest BCUT2D eigenvalue weighted by atomic mass is 10.2. The molecule has 3 N–H and O–H groups in total. The van der Waals surface area contributed by atoms with E-state index >= 15 is 0 Å². The van der Waals surface area contributed by atoms with E-state index in [-0.39, 0.29) is 5.88 Å². The summed E-state index contributed by atoms with van der Waals surface area (Å²) in [5.41, 5.74) is 3.24. The molecule has 4 nitrogen and oxygen atoms in total. The number of hydrogen-bond acceptors (Lipinski definition) is 5. The summed E-state index contributed by atoms with van der Waals surface area (Å²) >= 11 is 1.49. The predicted octanol–water partition coefficient (Wildman–Crippen LogP) is 4.56. The quantitative estimate of drug-likeness (QED) is 0.622. The summed E-state index contributed by atoms with van der Waals surface area (Å²) in [6.45, 7) is 2.80. The van der Waals surface area contributed by atoms with Crippen molar-refractivity contribution in [2.75, 3.05) is 17.2 Å². The molecule has 0 fully saturated rings. The van der Waals surface area contributed by atoms with Crippen molar-refractivity contribution >= 4 is 27.8 Å². The number of hydrogen-bond donors (Lipinski definition) is 3. The van der Waals surface area contributed by atoms with Crippen molar-refractivity contribution in [3.05, 3.63) is 65.0 Å². The SMILES string of the molecule is Cc1ccccc1Nc1nc(O)c(CCNc2ccccc2)s1. The van der Waals surface area contributed by atoms with Gasteiger partial charge in [0.25, 0.3) is 0 Å². The molecule has 118 valence electrons. The fourth-order valence-corrected chi connectivity index (χ4v) is 3.13.